The molecule has 0 bridgehead atoms. The predicted molar refractivity (Wildman–Crippen MR) is 117 cm³/mol. The molecule has 6 N–H and O–H groups in total. The zero-order chi connectivity index (χ0) is 25.3. The second-order valence-corrected chi connectivity index (χ2v) is 8.53. The zero-order valence-corrected chi connectivity index (χ0v) is 19.5. The summed E-state index contributed by atoms with van der Waals surface area (Å²) in [5.41, 5.74) is 0. The topological polar surface area (TPSA) is 184 Å². The number of carbonyl (C=O) groups excluding carboxylic acids is 3. The van der Waals surface area contributed by atoms with E-state index in [9.17, 15) is 34.8 Å². The fourth-order valence-electron chi connectivity index (χ4n) is 3.98. The minimum absolute atomic E-state index is 0.0756. The van der Waals surface area contributed by atoms with Gasteiger partial charge < -0.3 is 45.3 Å². The number of rotatable bonds is 8. The fraction of sp³-hybridized carbons (Fsp3) is 0.773. The van der Waals surface area contributed by atoms with Crippen molar-refractivity contribution in [3.05, 3.63) is 12.2 Å². The molecule has 0 saturated carbocycles. The van der Waals surface area contributed by atoms with Crippen molar-refractivity contribution in [1.82, 2.24) is 10.6 Å². The van der Waals surface area contributed by atoms with Gasteiger partial charge in [0.25, 0.3) is 5.79 Å². The van der Waals surface area contributed by atoms with Crippen molar-refractivity contribution in [2.24, 2.45) is 0 Å². The highest BCUT2D eigenvalue weighted by Crippen LogP contribution is 2.31. The minimum atomic E-state index is -2.60. The van der Waals surface area contributed by atoms with Crippen LogP contribution in [0.25, 0.3) is 0 Å². The Kier molecular flexibility index (Phi) is 10.7. The summed E-state index contributed by atoms with van der Waals surface area (Å²) in [7, 11) is 0. The molecule has 2 amide bonds. The largest absolute Gasteiger partial charge is 0.462 e. The van der Waals surface area contributed by atoms with Crippen LogP contribution in [-0.2, 0) is 23.8 Å². The average molecular weight is 489 g/mol. The molecule has 0 aromatic rings. The summed E-state index contributed by atoms with van der Waals surface area (Å²) in [5.74, 6) is -4.36. The lowest BCUT2D eigenvalue weighted by atomic mass is 9.88. The number of aliphatic hydroxyl groups is 4. The number of hydrogen-bond donors (Lipinski definition) is 6. The lowest BCUT2D eigenvalue weighted by Gasteiger charge is -2.45. The average Bonchev–Trinajstić information content (AvgIpc) is 2.75. The molecule has 194 valence electrons. The number of aliphatic hydroxyl groups excluding tert-OH is 3. The molecule has 2 rings (SSSR count). The number of esters is 1. The van der Waals surface area contributed by atoms with E-state index in [1.807, 2.05) is 12.2 Å². The van der Waals surface area contributed by atoms with Crippen LogP contribution < -0.4 is 10.6 Å². The van der Waals surface area contributed by atoms with Crippen LogP contribution in [0.15, 0.2) is 12.2 Å². The Balaban J connectivity index is 2.03. The van der Waals surface area contributed by atoms with Gasteiger partial charge in [0, 0.05) is 19.9 Å². The summed E-state index contributed by atoms with van der Waals surface area (Å²) in [6.45, 7) is 2.14. The third kappa shape index (κ3) is 7.91. The highest BCUT2D eigenvalue weighted by atomic mass is 16.7. The van der Waals surface area contributed by atoms with E-state index < -0.39 is 73.3 Å². The van der Waals surface area contributed by atoms with Crippen molar-refractivity contribution < 1.29 is 49.0 Å². The Morgan fingerprint density at radius 3 is 2.65 bits per heavy atom. The van der Waals surface area contributed by atoms with Gasteiger partial charge in [-0.2, -0.15) is 0 Å². The molecule has 0 aromatic heterocycles. The number of carbonyl (C=O) groups is 3. The number of nitrogens with one attached hydrogen (secondary N) is 2. The Labute approximate surface area is 198 Å². The summed E-state index contributed by atoms with van der Waals surface area (Å²) in [6.07, 6.45) is -0.0338. The predicted octanol–water partition coefficient (Wildman–Crippen LogP) is -0.770. The first kappa shape index (κ1) is 28.0. The van der Waals surface area contributed by atoms with Gasteiger partial charge in [0.05, 0.1) is 24.9 Å². The van der Waals surface area contributed by atoms with Crippen molar-refractivity contribution in [2.75, 3.05) is 13.2 Å². The van der Waals surface area contributed by atoms with Gasteiger partial charge in [-0.25, -0.2) is 9.59 Å². The van der Waals surface area contributed by atoms with E-state index in [4.69, 9.17) is 14.2 Å². The molecule has 1 saturated heterocycles. The zero-order valence-electron chi connectivity index (χ0n) is 19.5. The monoisotopic (exact) mass is 488 g/mol. The molecule has 1 aliphatic carbocycles. The van der Waals surface area contributed by atoms with Crippen molar-refractivity contribution in [2.45, 2.75) is 94.7 Å². The molecule has 2 aliphatic rings. The van der Waals surface area contributed by atoms with E-state index in [0.717, 1.165) is 25.7 Å². The molecular weight excluding hydrogens is 452 g/mol. The summed E-state index contributed by atoms with van der Waals surface area (Å²) >= 11 is 0. The maximum atomic E-state index is 12.2. The van der Waals surface area contributed by atoms with Gasteiger partial charge in [-0.15, -0.1) is 0 Å². The Morgan fingerprint density at radius 2 is 1.97 bits per heavy atom. The third-order valence-corrected chi connectivity index (χ3v) is 5.70. The van der Waals surface area contributed by atoms with Gasteiger partial charge in [0.1, 0.15) is 18.3 Å². The first-order valence-corrected chi connectivity index (χ1v) is 11.6. The lowest BCUT2D eigenvalue weighted by Crippen LogP contribution is -2.67. The van der Waals surface area contributed by atoms with Crippen LogP contribution in [0.1, 0.15) is 52.4 Å². The fourth-order valence-corrected chi connectivity index (χ4v) is 3.98. The van der Waals surface area contributed by atoms with E-state index in [0.29, 0.717) is 6.42 Å². The van der Waals surface area contributed by atoms with E-state index in [2.05, 4.69) is 10.6 Å². The van der Waals surface area contributed by atoms with Gasteiger partial charge in [0.2, 0.25) is 5.91 Å². The molecular formula is C22H36N2O10. The standard InChI is InChI=1S/C22H36N2O10/c1-3-32-20(29)22(31)11-15(26)17(24-13(2)25)19(34-22)18(28)16(27)12-23-21(30)33-14-9-7-5-4-6-8-10-14/h7,9,14-19,26-28,31H,3-6,8,10-12H2,1-2H3,(H,23,30)(H,24,25)/b9-7+/t14?,15-,16+,17?,18+,19+,22?/m0/s1. The minimum Gasteiger partial charge on any atom is -0.462 e. The van der Waals surface area contributed by atoms with Crippen LogP contribution >= 0.6 is 0 Å². The van der Waals surface area contributed by atoms with Gasteiger partial charge >= 0.3 is 12.1 Å². The van der Waals surface area contributed by atoms with Crippen LogP contribution in [0.5, 0.6) is 0 Å². The number of alkyl carbamates (subject to hydrolysis) is 1. The molecule has 0 radical (unpaired) electrons. The molecule has 1 aliphatic heterocycles. The molecule has 1 heterocycles. The Hall–Kier alpha value is -2.25. The summed E-state index contributed by atoms with van der Waals surface area (Å²) in [6, 6.07) is -1.26. The van der Waals surface area contributed by atoms with Gasteiger partial charge in [-0.1, -0.05) is 12.5 Å². The van der Waals surface area contributed by atoms with E-state index in [1.54, 1.807) is 0 Å². The first-order chi connectivity index (χ1) is 16.1. The third-order valence-electron chi connectivity index (χ3n) is 5.70. The van der Waals surface area contributed by atoms with Crippen LogP contribution in [0.4, 0.5) is 4.79 Å². The van der Waals surface area contributed by atoms with E-state index >= 15 is 0 Å². The highest BCUT2D eigenvalue weighted by Gasteiger charge is 2.54. The number of amides is 2. The highest BCUT2D eigenvalue weighted by molar-refractivity contribution is 5.78. The van der Waals surface area contributed by atoms with Crippen LogP contribution in [0.2, 0.25) is 0 Å². The van der Waals surface area contributed by atoms with E-state index in [-0.39, 0.29) is 6.61 Å². The van der Waals surface area contributed by atoms with Crippen LogP contribution in [0, 0.1) is 0 Å². The summed E-state index contributed by atoms with van der Waals surface area (Å²) in [5, 5.41) is 46.9. The Bertz CT molecular complexity index is 732. The van der Waals surface area contributed by atoms with Crippen molar-refractivity contribution in [3.8, 4) is 0 Å². The molecule has 7 atom stereocenters. The number of ether oxygens (including phenoxy) is 3. The van der Waals surface area contributed by atoms with Crippen molar-refractivity contribution in [3.63, 3.8) is 0 Å². The SMILES string of the molecule is CCOC(=O)C1(O)C[C@H](O)C(NC(C)=O)[C@H]([C@H](O)[C@H](O)CNC(=O)OC2/C=C/CCCCC2)O1. The van der Waals surface area contributed by atoms with Crippen molar-refractivity contribution in [1.29, 1.82) is 0 Å². The lowest BCUT2D eigenvalue weighted by molar-refractivity contribution is -0.296. The van der Waals surface area contributed by atoms with Gasteiger partial charge in [0.15, 0.2) is 0 Å². The molecule has 12 nitrogen and oxygen atoms in total. The maximum absolute atomic E-state index is 12.2. The second kappa shape index (κ2) is 13.0. The Morgan fingerprint density at radius 1 is 1.24 bits per heavy atom. The first-order valence-electron chi connectivity index (χ1n) is 11.6. The quantitative estimate of drug-likeness (QED) is 0.187. The molecule has 0 aromatic carbocycles. The molecule has 12 heteroatoms. The molecule has 3 unspecified atom stereocenters. The maximum Gasteiger partial charge on any atom is 0.407 e. The number of hydrogen-bond acceptors (Lipinski definition) is 10. The van der Waals surface area contributed by atoms with Crippen molar-refractivity contribution >= 4 is 18.0 Å². The normalized spacial score (nSPS) is 32.3. The molecule has 1 fully saturated rings. The smallest absolute Gasteiger partial charge is 0.407 e. The number of allylic oxidation sites excluding steroid dienone is 1. The molecule has 0 spiro atoms. The summed E-state index contributed by atoms with van der Waals surface area (Å²) < 4.78 is 15.4. The van der Waals surface area contributed by atoms with E-state index in [1.165, 1.54) is 13.8 Å². The van der Waals surface area contributed by atoms with Crippen LogP contribution in [0.3, 0.4) is 0 Å². The van der Waals surface area contributed by atoms with Gasteiger partial charge in [-0.3, -0.25) is 4.79 Å². The molecule has 34 heavy (non-hydrogen) atoms. The summed E-state index contributed by atoms with van der Waals surface area (Å²) in [4.78, 5) is 35.9. The second-order valence-electron chi connectivity index (χ2n) is 8.53. The van der Waals surface area contributed by atoms with Gasteiger partial charge in [-0.05, 0) is 38.7 Å². The van der Waals surface area contributed by atoms with Crippen LogP contribution in [-0.4, -0.2) is 93.9 Å².